The molecule has 1 N–H and O–H groups in total. The zero-order valence-electron chi connectivity index (χ0n) is 13.1. The van der Waals surface area contributed by atoms with E-state index in [1.807, 2.05) is 0 Å². The summed E-state index contributed by atoms with van der Waals surface area (Å²) in [5.74, 6) is -4.01. The number of hydrogen-bond acceptors (Lipinski definition) is 4. The Labute approximate surface area is 145 Å². The summed E-state index contributed by atoms with van der Waals surface area (Å²) >= 11 is 0. The van der Waals surface area contributed by atoms with E-state index in [1.165, 1.54) is 10.00 Å². The van der Waals surface area contributed by atoms with Crippen molar-refractivity contribution < 1.29 is 22.8 Å². The molecule has 0 radical (unpaired) electrons. The second-order valence-corrected chi connectivity index (χ2v) is 5.15. The van der Waals surface area contributed by atoms with Gasteiger partial charge in [-0.1, -0.05) is 48.5 Å². The van der Waals surface area contributed by atoms with E-state index in [4.69, 9.17) is 0 Å². The minimum absolute atomic E-state index is 0.251. The molecule has 0 bridgehead atoms. The fourth-order valence-electron chi connectivity index (χ4n) is 2.16. The molecule has 0 aliphatic carbocycles. The zero-order valence-corrected chi connectivity index (χ0v) is 13.1. The lowest BCUT2D eigenvalue weighted by Crippen LogP contribution is -2.41. The monoisotopic (exact) mass is 360 g/mol. The van der Waals surface area contributed by atoms with Crippen molar-refractivity contribution in [1.82, 2.24) is 20.1 Å². The van der Waals surface area contributed by atoms with Crippen molar-refractivity contribution in [3.8, 4) is 17.1 Å². The molecule has 0 saturated heterocycles. The number of carbonyl (C=O) groups is 2. The molecule has 0 unspecified atom stereocenters. The van der Waals surface area contributed by atoms with E-state index in [0.29, 0.717) is 11.3 Å². The van der Waals surface area contributed by atoms with Crippen LogP contribution in [0.25, 0.3) is 17.1 Å². The molecule has 3 rings (SSSR count). The first-order valence-electron chi connectivity index (χ1n) is 7.36. The normalized spacial score (nSPS) is 11.2. The highest BCUT2D eigenvalue weighted by molar-refractivity contribution is 6.04. The van der Waals surface area contributed by atoms with Crippen molar-refractivity contribution in [2.45, 2.75) is 6.18 Å². The maximum Gasteiger partial charge on any atom is 0.471 e. The van der Waals surface area contributed by atoms with Crippen LogP contribution in [0.3, 0.4) is 0 Å². The highest BCUT2D eigenvalue weighted by atomic mass is 19.4. The van der Waals surface area contributed by atoms with Crippen molar-refractivity contribution in [3.05, 3.63) is 66.5 Å². The number of hydrogen-bond donors (Lipinski definition) is 1. The molecule has 6 nitrogen and oxygen atoms in total. The molecule has 9 heteroatoms. The van der Waals surface area contributed by atoms with Crippen LogP contribution in [-0.4, -0.2) is 32.8 Å². The SMILES string of the molecule is O=C(NC(=O)C(F)(F)F)c1nc(-c2ccccc2)n(-c2ccccc2)n1. The largest absolute Gasteiger partial charge is 0.471 e. The van der Waals surface area contributed by atoms with Crippen LogP contribution < -0.4 is 5.32 Å². The summed E-state index contributed by atoms with van der Waals surface area (Å²) in [4.78, 5) is 26.9. The first-order valence-corrected chi connectivity index (χ1v) is 7.36. The zero-order chi connectivity index (χ0) is 18.7. The van der Waals surface area contributed by atoms with Crippen LogP contribution in [0.15, 0.2) is 60.7 Å². The van der Waals surface area contributed by atoms with Crippen LogP contribution in [0.2, 0.25) is 0 Å². The number of aromatic nitrogens is 3. The predicted octanol–water partition coefficient (Wildman–Crippen LogP) is 2.75. The first-order chi connectivity index (χ1) is 12.4. The van der Waals surface area contributed by atoms with Crippen LogP contribution >= 0.6 is 0 Å². The fourth-order valence-corrected chi connectivity index (χ4v) is 2.16. The Balaban J connectivity index is 2.02. The highest BCUT2D eigenvalue weighted by Crippen LogP contribution is 2.21. The lowest BCUT2D eigenvalue weighted by Gasteiger charge is -2.05. The molecule has 2 amide bonds. The Morgan fingerprint density at radius 3 is 2.08 bits per heavy atom. The number of nitrogens with zero attached hydrogens (tertiary/aromatic N) is 3. The van der Waals surface area contributed by atoms with Gasteiger partial charge in [-0.15, -0.1) is 5.10 Å². The third-order valence-electron chi connectivity index (χ3n) is 3.33. The van der Waals surface area contributed by atoms with Crippen molar-refractivity contribution in [1.29, 1.82) is 0 Å². The summed E-state index contributed by atoms with van der Waals surface area (Å²) in [5, 5.41) is 5.20. The molecule has 0 fully saturated rings. The van der Waals surface area contributed by atoms with Crippen LogP contribution in [0.4, 0.5) is 13.2 Å². The standard InChI is InChI=1S/C17H11F3N4O2/c18-17(19,20)16(26)22-15(25)13-21-14(11-7-3-1-4-8-11)24(23-13)12-9-5-2-6-10-12/h1-10H,(H,22,25,26). The van der Waals surface area contributed by atoms with Gasteiger partial charge >= 0.3 is 12.1 Å². The smallest absolute Gasteiger partial charge is 0.282 e. The fraction of sp³-hybridized carbons (Fsp3) is 0.0588. The topological polar surface area (TPSA) is 76.9 Å². The second-order valence-electron chi connectivity index (χ2n) is 5.15. The number of imide groups is 1. The van der Waals surface area contributed by atoms with Crippen LogP contribution in [-0.2, 0) is 4.79 Å². The molecule has 0 spiro atoms. The highest BCUT2D eigenvalue weighted by Gasteiger charge is 2.40. The van der Waals surface area contributed by atoms with Gasteiger partial charge in [0.05, 0.1) is 5.69 Å². The Kier molecular flexibility index (Phi) is 4.53. The third-order valence-corrected chi connectivity index (χ3v) is 3.33. The molecule has 1 aromatic heterocycles. The average molecular weight is 360 g/mol. The molecule has 2 aromatic carbocycles. The van der Waals surface area contributed by atoms with E-state index < -0.39 is 23.8 Å². The molecule has 132 valence electrons. The van der Waals surface area contributed by atoms with Gasteiger partial charge in [0.25, 0.3) is 5.91 Å². The summed E-state index contributed by atoms with van der Waals surface area (Å²) < 4.78 is 38.3. The number of carbonyl (C=O) groups excluding carboxylic acids is 2. The Morgan fingerprint density at radius 1 is 0.923 bits per heavy atom. The Hall–Kier alpha value is -3.49. The maximum absolute atomic E-state index is 12.3. The van der Waals surface area contributed by atoms with Gasteiger partial charge in [-0.2, -0.15) is 13.2 Å². The molecule has 0 atom stereocenters. The van der Waals surface area contributed by atoms with Gasteiger partial charge in [0.1, 0.15) is 0 Å². The molecular weight excluding hydrogens is 349 g/mol. The van der Waals surface area contributed by atoms with Gasteiger partial charge in [-0.25, -0.2) is 9.67 Å². The average Bonchev–Trinajstić information content (AvgIpc) is 3.08. The molecule has 26 heavy (non-hydrogen) atoms. The van der Waals surface area contributed by atoms with Gasteiger partial charge in [-0.3, -0.25) is 14.9 Å². The molecule has 1 heterocycles. The number of halogens is 3. The number of rotatable bonds is 3. The van der Waals surface area contributed by atoms with Crippen LogP contribution in [0.1, 0.15) is 10.6 Å². The molecule has 0 aliphatic heterocycles. The number of alkyl halides is 3. The lowest BCUT2D eigenvalue weighted by molar-refractivity contribution is -0.172. The minimum atomic E-state index is -5.18. The minimum Gasteiger partial charge on any atom is -0.282 e. The van der Waals surface area contributed by atoms with Crippen LogP contribution in [0.5, 0.6) is 0 Å². The number of nitrogens with one attached hydrogen (secondary N) is 1. The number of para-hydroxylation sites is 1. The molecule has 0 aliphatic rings. The van der Waals surface area contributed by atoms with Crippen LogP contribution in [0, 0.1) is 0 Å². The summed E-state index contributed by atoms with van der Waals surface area (Å²) in [6.07, 6.45) is -5.18. The van der Waals surface area contributed by atoms with E-state index in [0.717, 1.165) is 0 Å². The van der Waals surface area contributed by atoms with Crippen molar-refractivity contribution >= 4 is 11.8 Å². The van der Waals surface area contributed by atoms with Gasteiger partial charge in [0.2, 0.25) is 5.82 Å². The van der Waals surface area contributed by atoms with Gasteiger partial charge < -0.3 is 0 Å². The number of amides is 2. The summed E-state index contributed by atoms with van der Waals surface area (Å²) in [6, 6.07) is 17.3. The maximum atomic E-state index is 12.3. The number of benzene rings is 2. The first kappa shape index (κ1) is 17.3. The van der Waals surface area contributed by atoms with Gasteiger partial charge in [0.15, 0.2) is 5.82 Å². The summed E-state index contributed by atoms with van der Waals surface area (Å²) in [5.41, 5.74) is 1.16. The lowest BCUT2D eigenvalue weighted by atomic mass is 10.2. The van der Waals surface area contributed by atoms with Crippen molar-refractivity contribution in [2.24, 2.45) is 0 Å². The van der Waals surface area contributed by atoms with Crippen molar-refractivity contribution in [2.75, 3.05) is 0 Å². The van der Waals surface area contributed by atoms with E-state index in [1.54, 1.807) is 60.7 Å². The molecule has 3 aromatic rings. The van der Waals surface area contributed by atoms with Crippen molar-refractivity contribution in [3.63, 3.8) is 0 Å². The van der Waals surface area contributed by atoms with Gasteiger partial charge in [0, 0.05) is 5.56 Å². The Morgan fingerprint density at radius 2 is 1.50 bits per heavy atom. The van der Waals surface area contributed by atoms with Gasteiger partial charge in [-0.05, 0) is 12.1 Å². The van der Waals surface area contributed by atoms with E-state index in [2.05, 4.69) is 10.1 Å². The molecular formula is C17H11F3N4O2. The quantitative estimate of drug-likeness (QED) is 0.779. The van der Waals surface area contributed by atoms with E-state index >= 15 is 0 Å². The Bertz CT molecular complexity index is 881. The molecule has 0 saturated carbocycles. The third kappa shape index (κ3) is 3.61. The van der Waals surface area contributed by atoms with E-state index in [-0.39, 0.29) is 5.82 Å². The van der Waals surface area contributed by atoms with E-state index in [9.17, 15) is 22.8 Å². The summed E-state index contributed by atoms with van der Waals surface area (Å²) in [6.45, 7) is 0. The second kappa shape index (κ2) is 6.79. The predicted molar refractivity (Wildman–Crippen MR) is 85.3 cm³/mol. The summed E-state index contributed by atoms with van der Waals surface area (Å²) in [7, 11) is 0.